The number of halogens is 3. The average Bonchev–Trinajstić information content (AvgIpc) is 3.13. The smallest absolute Gasteiger partial charge is 0.244 e. The van der Waals surface area contributed by atoms with Gasteiger partial charge in [0, 0.05) is 13.0 Å². The van der Waals surface area contributed by atoms with Gasteiger partial charge in [-0.1, -0.05) is 6.92 Å². The lowest BCUT2D eigenvalue weighted by Gasteiger charge is -2.21. The van der Waals surface area contributed by atoms with Crippen LogP contribution in [-0.2, 0) is 16.1 Å². The molecule has 1 heterocycles. The highest BCUT2D eigenvalue weighted by Gasteiger charge is 2.19. The third-order valence-corrected chi connectivity index (χ3v) is 3.51. The van der Waals surface area contributed by atoms with Crippen molar-refractivity contribution >= 4 is 17.5 Å². The molecule has 2 rings (SSSR count). The molecule has 0 radical (unpaired) electrons. The number of nitrogens with one attached hydrogen (secondary N) is 1. The molecule has 0 saturated heterocycles. The van der Waals surface area contributed by atoms with Crippen LogP contribution < -0.4 is 5.32 Å². The van der Waals surface area contributed by atoms with Gasteiger partial charge in [0.25, 0.3) is 0 Å². The van der Waals surface area contributed by atoms with Gasteiger partial charge < -0.3 is 10.2 Å². The quantitative estimate of drug-likeness (QED) is 0.722. The highest BCUT2D eigenvalue weighted by atomic mass is 19.2. The van der Waals surface area contributed by atoms with Crippen molar-refractivity contribution in [1.29, 1.82) is 0 Å². The maximum Gasteiger partial charge on any atom is 0.244 e. The molecular formula is C16H18F3N5O2. The minimum Gasteiger partial charge on any atom is -0.333 e. The molecule has 0 saturated carbocycles. The van der Waals surface area contributed by atoms with E-state index in [0.717, 1.165) is 6.07 Å². The van der Waals surface area contributed by atoms with E-state index < -0.39 is 29.0 Å². The van der Waals surface area contributed by atoms with E-state index in [1.165, 1.54) is 22.2 Å². The van der Waals surface area contributed by atoms with Crippen molar-refractivity contribution in [2.24, 2.45) is 0 Å². The third-order valence-electron chi connectivity index (χ3n) is 3.51. The summed E-state index contributed by atoms with van der Waals surface area (Å²) in [5.74, 6) is -5.51. The van der Waals surface area contributed by atoms with Crippen LogP contribution in [0.5, 0.6) is 0 Å². The Morgan fingerprint density at radius 2 is 2.00 bits per heavy atom. The van der Waals surface area contributed by atoms with Crippen molar-refractivity contribution < 1.29 is 22.8 Å². The molecule has 0 fully saturated rings. The molecule has 10 heteroatoms. The molecule has 1 N–H and O–H groups in total. The molecule has 0 aliphatic rings. The van der Waals surface area contributed by atoms with Gasteiger partial charge in [-0.25, -0.2) is 18.2 Å². The molecule has 1 aromatic heterocycles. The van der Waals surface area contributed by atoms with Gasteiger partial charge in [0.1, 0.15) is 12.7 Å². The molecule has 0 aliphatic heterocycles. The summed E-state index contributed by atoms with van der Waals surface area (Å²) in [5.41, 5.74) is -0.486. The van der Waals surface area contributed by atoms with E-state index in [-0.39, 0.29) is 18.9 Å². The molecule has 140 valence electrons. The summed E-state index contributed by atoms with van der Waals surface area (Å²) < 4.78 is 41.2. The predicted molar refractivity (Wildman–Crippen MR) is 86.5 cm³/mol. The molecular weight excluding hydrogens is 351 g/mol. The topological polar surface area (TPSA) is 80.1 Å². The van der Waals surface area contributed by atoms with Crippen molar-refractivity contribution in [3.05, 3.63) is 42.2 Å². The first-order valence-electron chi connectivity index (χ1n) is 7.96. The van der Waals surface area contributed by atoms with Crippen molar-refractivity contribution in [2.75, 3.05) is 18.4 Å². The largest absolute Gasteiger partial charge is 0.333 e. The summed E-state index contributed by atoms with van der Waals surface area (Å²) >= 11 is 0. The number of hydrogen-bond acceptors (Lipinski definition) is 4. The summed E-state index contributed by atoms with van der Waals surface area (Å²) in [6, 6.07) is 1.63. The fourth-order valence-corrected chi connectivity index (χ4v) is 2.26. The Morgan fingerprint density at radius 3 is 2.65 bits per heavy atom. The van der Waals surface area contributed by atoms with Gasteiger partial charge in [0.2, 0.25) is 11.8 Å². The van der Waals surface area contributed by atoms with E-state index in [1.54, 1.807) is 0 Å². The zero-order chi connectivity index (χ0) is 19.1. The van der Waals surface area contributed by atoms with Crippen LogP contribution in [0.1, 0.15) is 19.8 Å². The second kappa shape index (κ2) is 8.97. The first-order valence-corrected chi connectivity index (χ1v) is 7.96. The number of amides is 2. The highest BCUT2D eigenvalue weighted by Crippen LogP contribution is 2.19. The van der Waals surface area contributed by atoms with Crippen LogP contribution in [-0.4, -0.2) is 44.6 Å². The molecule has 0 bridgehead atoms. The summed E-state index contributed by atoms with van der Waals surface area (Å²) in [5, 5.41) is 6.03. The van der Waals surface area contributed by atoms with E-state index >= 15 is 0 Å². The van der Waals surface area contributed by atoms with Gasteiger partial charge in [-0.15, -0.1) is 0 Å². The molecule has 0 spiro atoms. The number of benzene rings is 1. The predicted octanol–water partition coefficient (Wildman–Crippen LogP) is 1.96. The van der Waals surface area contributed by atoms with Crippen molar-refractivity contribution in [3.63, 3.8) is 0 Å². The van der Waals surface area contributed by atoms with Crippen LogP contribution in [0.25, 0.3) is 0 Å². The SMILES string of the molecule is CCCN(CC(=O)Nc1ccc(F)c(F)c1F)C(=O)CCn1cncn1. The second-order valence-electron chi connectivity index (χ2n) is 5.49. The Balaban J connectivity index is 1.96. The summed E-state index contributed by atoms with van der Waals surface area (Å²) in [4.78, 5) is 29.4. The number of carbonyl (C=O) groups excluding carboxylic acids is 2. The number of carbonyl (C=O) groups is 2. The van der Waals surface area contributed by atoms with Gasteiger partial charge in [0.15, 0.2) is 17.5 Å². The first kappa shape index (κ1) is 19.4. The zero-order valence-electron chi connectivity index (χ0n) is 14.1. The molecule has 1 aromatic carbocycles. The van der Waals surface area contributed by atoms with Gasteiger partial charge in [-0.05, 0) is 18.6 Å². The van der Waals surface area contributed by atoms with Gasteiger partial charge in [-0.3, -0.25) is 14.3 Å². The zero-order valence-corrected chi connectivity index (χ0v) is 14.1. The van der Waals surface area contributed by atoms with Crippen molar-refractivity contribution in [1.82, 2.24) is 19.7 Å². The molecule has 2 amide bonds. The van der Waals surface area contributed by atoms with Gasteiger partial charge >= 0.3 is 0 Å². The number of anilines is 1. The number of hydrogen-bond donors (Lipinski definition) is 1. The monoisotopic (exact) mass is 369 g/mol. The molecule has 0 aliphatic carbocycles. The van der Waals surface area contributed by atoms with Crippen LogP contribution in [0.2, 0.25) is 0 Å². The Labute approximate surface area is 147 Å². The van der Waals surface area contributed by atoms with Gasteiger partial charge in [0.05, 0.1) is 18.8 Å². The normalized spacial score (nSPS) is 10.6. The maximum absolute atomic E-state index is 13.6. The van der Waals surface area contributed by atoms with Crippen LogP contribution in [0.3, 0.4) is 0 Å². The van der Waals surface area contributed by atoms with Crippen LogP contribution in [0, 0.1) is 17.5 Å². The summed E-state index contributed by atoms with van der Waals surface area (Å²) in [7, 11) is 0. The van der Waals surface area contributed by atoms with Crippen LogP contribution in [0.4, 0.5) is 18.9 Å². The third kappa shape index (κ3) is 5.04. The van der Waals surface area contributed by atoms with Crippen molar-refractivity contribution in [2.45, 2.75) is 26.3 Å². The van der Waals surface area contributed by atoms with E-state index in [4.69, 9.17) is 0 Å². The maximum atomic E-state index is 13.6. The fourth-order valence-electron chi connectivity index (χ4n) is 2.26. The fraction of sp³-hybridized carbons (Fsp3) is 0.375. The van der Waals surface area contributed by atoms with Crippen LogP contribution >= 0.6 is 0 Å². The molecule has 0 unspecified atom stereocenters. The first-order chi connectivity index (χ1) is 12.4. The average molecular weight is 369 g/mol. The highest BCUT2D eigenvalue weighted by molar-refractivity contribution is 5.94. The van der Waals surface area contributed by atoms with E-state index in [2.05, 4.69) is 15.4 Å². The van der Waals surface area contributed by atoms with Gasteiger partial charge in [-0.2, -0.15) is 5.10 Å². The second-order valence-corrected chi connectivity index (χ2v) is 5.49. The van der Waals surface area contributed by atoms with Crippen molar-refractivity contribution in [3.8, 4) is 0 Å². The Hall–Kier alpha value is -2.91. The number of nitrogens with zero attached hydrogens (tertiary/aromatic N) is 4. The Bertz CT molecular complexity index is 767. The minimum absolute atomic E-state index is 0.107. The lowest BCUT2D eigenvalue weighted by atomic mass is 10.2. The standard InChI is InChI=1S/C16H18F3N5O2/c1-2-6-23(14(26)5-7-24-10-20-9-21-24)8-13(25)22-12-4-3-11(17)15(18)16(12)19/h3-4,9-10H,2,5-8H2,1H3,(H,22,25). The molecule has 26 heavy (non-hydrogen) atoms. The Morgan fingerprint density at radius 1 is 1.23 bits per heavy atom. The molecule has 7 nitrogen and oxygen atoms in total. The number of aromatic nitrogens is 3. The number of aryl methyl sites for hydroxylation is 1. The van der Waals surface area contributed by atoms with E-state index in [9.17, 15) is 22.8 Å². The van der Waals surface area contributed by atoms with E-state index in [1.807, 2.05) is 6.92 Å². The lowest BCUT2D eigenvalue weighted by molar-refractivity contribution is -0.135. The molecule has 0 atom stereocenters. The van der Waals surface area contributed by atoms with E-state index in [0.29, 0.717) is 25.6 Å². The molecule has 2 aromatic rings. The Kier molecular flexibility index (Phi) is 6.70. The summed E-state index contributed by atoms with van der Waals surface area (Å²) in [6.45, 7) is 2.13. The minimum atomic E-state index is -1.67. The summed E-state index contributed by atoms with van der Waals surface area (Å²) in [6.07, 6.45) is 3.53. The number of rotatable bonds is 8. The van der Waals surface area contributed by atoms with Crippen LogP contribution in [0.15, 0.2) is 24.8 Å². The lowest BCUT2D eigenvalue weighted by Crippen LogP contribution is -2.39.